The van der Waals surface area contributed by atoms with Crippen molar-refractivity contribution in [1.29, 1.82) is 0 Å². The summed E-state index contributed by atoms with van der Waals surface area (Å²) in [6.07, 6.45) is 2.90. The number of aromatic nitrogens is 2. The van der Waals surface area contributed by atoms with E-state index in [-0.39, 0.29) is 0 Å². The number of hydrogen-bond donors (Lipinski definition) is 1. The molecule has 0 saturated carbocycles. The van der Waals surface area contributed by atoms with Crippen molar-refractivity contribution in [3.63, 3.8) is 0 Å². The van der Waals surface area contributed by atoms with Gasteiger partial charge in [0.1, 0.15) is 0 Å². The van der Waals surface area contributed by atoms with E-state index in [1.165, 1.54) is 5.52 Å². The Kier molecular flexibility index (Phi) is 5.79. The summed E-state index contributed by atoms with van der Waals surface area (Å²) in [5.74, 6) is 1.22. The number of fused-ring (bicyclic) bond motifs is 1. The summed E-state index contributed by atoms with van der Waals surface area (Å²) in [5.41, 5.74) is 3.20. The van der Waals surface area contributed by atoms with Gasteiger partial charge in [0.25, 0.3) is 0 Å². The van der Waals surface area contributed by atoms with E-state index in [1.807, 2.05) is 36.7 Å². The number of rotatable bonds is 8. The first-order valence-corrected chi connectivity index (χ1v) is 8.62. The number of nitrogens with zero attached hydrogens (tertiary/aromatic N) is 2. The molecule has 1 N–H and O–H groups in total. The second kappa shape index (κ2) is 8.23. The maximum absolute atomic E-state index is 6.39. The Hall–Kier alpha value is -2.24. The molecule has 6 heteroatoms. The summed E-state index contributed by atoms with van der Waals surface area (Å²) >= 11 is 6.39. The number of aryl methyl sites for hydroxylation is 1. The summed E-state index contributed by atoms with van der Waals surface area (Å²) in [4.78, 5) is 4.41. The Bertz CT molecular complexity index is 848. The van der Waals surface area contributed by atoms with E-state index < -0.39 is 0 Å². The van der Waals surface area contributed by atoms with Crippen molar-refractivity contribution in [3.05, 3.63) is 53.3 Å². The topological polar surface area (TPSA) is 48.3 Å². The van der Waals surface area contributed by atoms with Crippen LogP contribution in [0.3, 0.4) is 0 Å². The molecule has 25 heavy (non-hydrogen) atoms. The number of nitrogens with one attached hydrogen (secondary N) is 1. The first kappa shape index (κ1) is 17.6. The van der Waals surface area contributed by atoms with Crippen LogP contribution in [0.5, 0.6) is 11.5 Å². The summed E-state index contributed by atoms with van der Waals surface area (Å²) in [6.45, 7) is 2.49. The second-order valence-electron chi connectivity index (χ2n) is 5.73. The lowest BCUT2D eigenvalue weighted by Crippen LogP contribution is -2.16. The van der Waals surface area contributed by atoms with E-state index in [0.29, 0.717) is 23.1 Å². The van der Waals surface area contributed by atoms with Crippen molar-refractivity contribution in [2.24, 2.45) is 0 Å². The maximum Gasteiger partial charge on any atom is 0.179 e. The third kappa shape index (κ3) is 3.89. The Balaban J connectivity index is 1.52. The van der Waals surface area contributed by atoms with Crippen molar-refractivity contribution in [2.45, 2.75) is 19.5 Å². The van der Waals surface area contributed by atoms with E-state index in [1.54, 1.807) is 14.2 Å². The van der Waals surface area contributed by atoms with Crippen LogP contribution in [0.15, 0.2) is 42.7 Å². The van der Waals surface area contributed by atoms with Gasteiger partial charge in [-0.05, 0) is 36.7 Å². The molecular weight excluding hydrogens is 338 g/mol. The van der Waals surface area contributed by atoms with Crippen molar-refractivity contribution in [1.82, 2.24) is 14.9 Å². The third-order valence-electron chi connectivity index (χ3n) is 4.16. The average Bonchev–Trinajstić information content (AvgIpc) is 3.05. The monoisotopic (exact) mass is 359 g/mol. The molecule has 1 heterocycles. The van der Waals surface area contributed by atoms with Crippen molar-refractivity contribution < 1.29 is 9.47 Å². The lowest BCUT2D eigenvalue weighted by molar-refractivity contribution is 0.354. The molecule has 0 aliphatic heterocycles. The molecule has 132 valence electrons. The van der Waals surface area contributed by atoms with Crippen LogP contribution in [0.25, 0.3) is 11.0 Å². The quantitative estimate of drug-likeness (QED) is 0.620. The van der Waals surface area contributed by atoms with Gasteiger partial charge >= 0.3 is 0 Å². The fourth-order valence-electron chi connectivity index (χ4n) is 2.85. The maximum atomic E-state index is 6.39. The predicted molar refractivity (Wildman–Crippen MR) is 101 cm³/mol. The highest BCUT2D eigenvalue weighted by Gasteiger charge is 2.12. The zero-order valence-electron chi connectivity index (χ0n) is 14.5. The summed E-state index contributed by atoms with van der Waals surface area (Å²) in [6, 6.07) is 12.0. The lowest BCUT2D eigenvalue weighted by atomic mass is 10.2. The van der Waals surface area contributed by atoms with E-state index in [2.05, 4.69) is 20.9 Å². The minimum atomic E-state index is 0.577. The molecule has 0 bridgehead atoms. The molecule has 0 saturated heterocycles. The molecule has 2 aromatic carbocycles. The van der Waals surface area contributed by atoms with Gasteiger partial charge in [0.05, 0.1) is 36.6 Å². The fraction of sp³-hybridized carbons (Fsp3) is 0.316. The summed E-state index contributed by atoms with van der Waals surface area (Å²) in [5, 5.41) is 4.02. The molecule has 3 aromatic rings. The SMILES string of the molecule is COc1ccc(CNCCCn2cnc3ccccc32)c(Cl)c1OC. The molecule has 0 amide bonds. The van der Waals surface area contributed by atoms with Crippen LogP contribution in [0.2, 0.25) is 5.02 Å². The van der Waals surface area contributed by atoms with Gasteiger partial charge in [-0.25, -0.2) is 4.98 Å². The van der Waals surface area contributed by atoms with Crippen LogP contribution >= 0.6 is 11.6 Å². The Morgan fingerprint density at radius 1 is 1.12 bits per heavy atom. The van der Waals surface area contributed by atoms with Gasteiger partial charge in [0.2, 0.25) is 0 Å². The molecule has 5 nitrogen and oxygen atoms in total. The van der Waals surface area contributed by atoms with E-state index in [0.717, 1.165) is 30.6 Å². The van der Waals surface area contributed by atoms with E-state index in [4.69, 9.17) is 21.1 Å². The minimum absolute atomic E-state index is 0.577. The van der Waals surface area contributed by atoms with E-state index in [9.17, 15) is 0 Å². The summed E-state index contributed by atoms with van der Waals surface area (Å²) in [7, 11) is 3.20. The summed E-state index contributed by atoms with van der Waals surface area (Å²) < 4.78 is 12.8. The smallest absolute Gasteiger partial charge is 0.179 e. The highest BCUT2D eigenvalue weighted by molar-refractivity contribution is 6.33. The zero-order chi connectivity index (χ0) is 17.6. The Morgan fingerprint density at radius 2 is 1.96 bits per heavy atom. The first-order valence-electron chi connectivity index (χ1n) is 8.24. The van der Waals surface area contributed by atoms with Crippen LogP contribution in [0.1, 0.15) is 12.0 Å². The van der Waals surface area contributed by atoms with Gasteiger partial charge in [-0.15, -0.1) is 0 Å². The molecule has 0 radical (unpaired) electrons. The lowest BCUT2D eigenvalue weighted by Gasteiger charge is -2.13. The van der Waals surface area contributed by atoms with E-state index >= 15 is 0 Å². The van der Waals surface area contributed by atoms with Crippen LogP contribution in [-0.2, 0) is 13.1 Å². The predicted octanol–water partition coefficient (Wildman–Crippen LogP) is 3.89. The number of ether oxygens (including phenoxy) is 2. The van der Waals surface area contributed by atoms with Crippen molar-refractivity contribution in [2.75, 3.05) is 20.8 Å². The van der Waals surface area contributed by atoms with Gasteiger partial charge in [-0.2, -0.15) is 0 Å². The highest BCUT2D eigenvalue weighted by Crippen LogP contribution is 2.37. The number of halogens is 1. The molecule has 0 spiro atoms. The normalized spacial score (nSPS) is 11.0. The molecule has 0 aliphatic carbocycles. The molecule has 1 aromatic heterocycles. The minimum Gasteiger partial charge on any atom is -0.493 e. The number of para-hydroxylation sites is 2. The molecule has 0 unspecified atom stereocenters. The van der Waals surface area contributed by atoms with Gasteiger partial charge < -0.3 is 19.4 Å². The third-order valence-corrected chi connectivity index (χ3v) is 4.57. The van der Waals surface area contributed by atoms with Crippen molar-refractivity contribution in [3.8, 4) is 11.5 Å². The van der Waals surface area contributed by atoms with Gasteiger partial charge in [0.15, 0.2) is 11.5 Å². The largest absolute Gasteiger partial charge is 0.493 e. The van der Waals surface area contributed by atoms with Crippen LogP contribution in [0.4, 0.5) is 0 Å². The first-order chi connectivity index (χ1) is 12.2. The second-order valence-corrected chi connectivity index (χ2v) is 6.11. The molecular formula is C19H22ClN3O2. The van der Waals surface area contributed by atoms with Gasteiger partial charge in [-0.1, -0.05) is 29.8 Å². The number of benzene rings is 2. The molecule has 0 fully saturated rings. The van der Waals surface area contributed by atoms with Crippen molar-refractivity contribution >= 4 is 22.6 Å². The highest BCUT2D eigenvalue weighted by atomic mass is 35.5. The Morgan fingerprint density at radius 3 is 2.76 bits per heavy atom. The Labute approximate surface area is 152 Å². The van der Waals surface area contributed by atoms with Crippen LogP contribution in [-0.4, -0.2) is 30.3 Å². The van der Waals surface area contributed by atoms with Crippen LogP contribution < -0.4 is 14.8 Å². The molecule has 0 atom stereocenters. The zero-order valence-corrected chi connectivity index (χ0v) is 15.2. The fourth-order valence-corrected chi connectivity index (χ4v) is 3.15. The molecule has 3 rings (SSSR count). The number of hydrogen-bond acceptors (Lipinski definition) is 4. The standard InChI is InChI=1S/C19H22ClN3O2/c1-24-17-9-8-14(18(20)19(17)25-2)12-21-10-5-11-23-13-22-15-6-3-4-7-16(15)23/h3-4,6-9,13,21H,5,10-12H2,1-2H3. The number of methoxy groups -OCH3 is 2. The van der Waals surface area contributed by atoms with Gasteiger partial charge in [0, 0.05) is 13.1 Å². The molecule has 0 aliphatic rings. The van der Waals surface area contributed by atoms with Crippen LogP contribution in [0, 0.1) is 0 Å². The van der Waals surface area contributed by atoms with Gasteiger partial charge in [-0.3, -0.25) is 0 Å². The number of imidazole rings is 1. The average molecular weight is 360 g/mol.